The smallest absolute Gasteiger partial charge is 0.244 e. The summed E-state index contributed by atoms with van der Waals surface area (Å²) in [5.74, 6) is 1.07. The zero-order valence-electron chi connectivity index (χ0n) is 5.59. The van der Waals surface area contributed by atoms with Crippen LogP contribution in [0.1, 0.15) is 12.7 Å². The average molecular weight is 123 g/mol. The normalized spacial score (nSPS) is 9.44. The SMILES string of the molecule is C=Cc1[nH]cc[n+]1CC. The molecule has 0 amide bonds. The van der Waals surface area contributed by atoms with Crippen molar-refractivity contribution < 1.29 is 4.57 Å². The predicted octanol–water partition coefficient (Wildman–Crippen LogP) is 0.965. The molecule has 0 atom stereocenters. The van der Waals surface area contributed by atoms with Crippen molar-refractivity contribution in [2.75, 3.05) is 0 Å². The van der Waals surface area contributed by atoms with Gasteiger partial charge in [-0.1, -0.05) is 6.58 Å². The molecule has 0 aliphatic heterocycles. The molecule has 48 valence electrons. The van der Waals surface area contributed by atoms with Gasteiger partial charge in [0.15, 0.2) is 0 Å². The Morgan fingerprint density at radius 1 is 1.89 bits per heavy atom. The highest BCUT2D eigenvalue weighted by atomic mass is 15.0. The Morgan fingerprint density at radius 2 is 2.67 bits per heavy atom. The van der Waals surface area contributed by atoms with Crippen molar-refractivity contribution in [3.8, 4) is 0 Å². The highest BCUT2D eigenvalue weighted by Crippen LogP contribution is 1.85. The molecular weight excluding hydrogens is 112 g/mol. The molecule has 1 rings (SSSR count). The maximum Gasteiger partial charge on any atom is 0.278 e. The maximum atomic E-state index is 3.66. The molecule has 2 nitrogen and oxygen atoms in total. The molecule has 1 heterocycles. The molecule has 0 bridgehead atoms. The first-order valence-electron chi connectivity index (χ1n) is 3.07. The number of aromatic amines is 1. The first kappa shape index (κ1) is 6.08. The van der Waals surface area contributed by atoms with Gasteiger partial charge < -0.3 is 0 Å². The summed E-state index contributed by atoms with van der Waals surface area (Å²) >= 11 is 0. The number of hydrogen-bond donors (Lipinski definition) is 1. The summed E-state index contributed by atoms with van der Waals surface area (Å²) in [5, 5.41) is 0. The van der Waals surface area contributed by atoms with E-state index >= 15 is 0 Å². The fourth-order valence-electron chi connectivity index (χ4n) is 0.828. The first-order valence-corrected chi connectivity index (χ1v) is 3.07. The third-order valence-electron chi connectivity index (χ3n) is 1.33. The third-order valence-corrected chi connectivity index (χ3v) is 1.33. The zero-order valence-corrected chi connectivity index (χ0v) is 5.59. The van der Waals surface area contributed by atoms with E-state index in [0.29, 0.717) is 0 Å². The van der Waals surface area contributed by atoms with Gasteiger partial charge in [-0.15, -0.1) is 0 Å². The fourth-order valence-corrected chi connectivity index (χ4v) is 0.828. The van der Waals surface area contributed by atoms with Gasteiger partial charge in [-0.3, -0.25) is 0 Å². The maximum absolute atomic E-state index is 3.66. The Bertz CT molecular complexity index is 200. The minimum Gasteiger partial charge on any atom is -0.244 e. The number of nitrogens with zero attached hydrogens (tertiary/aromatic N) is 1. The molecule has 0 radical (unpaired) electrons. The second-order valence-electron chi connectivity index (χ2n) is 1.84. The lowest BCUT2D eigenvalue weighted by Gasteiger charge is -1.87. The molecule has 0 fully saturated rings. The quantitative estimate of drug-likeness (QED) is 0.565. The van der Waals surface area contributed by atoms with Crippen LogP contribution in [0.2, 0.25) is 0 Å². The first-order chi connectivity index (χ1) is 4.38. The van der Waals surface area contributed by atoms with Crippen molar-refractivity contribution in [1.82, 2.24) is 4.98 Å². The van der Waals surface area contributed by atoms with Crippen molar-refractivity contribution in [2.45, 2.75) is 13.5 Å². The summed E-state index contributed by atoms with van der Waals surface area (Å²) in [5.41, 5.74) is 0. The lowest BCUT2D eigenvalue weighted by Crippen LogP contribution is -2.32. The van der Waals surface area contributed by atoms with Gasteiger partial charge in [0.1, 0.15) is 12.4 Å². The van der Waals surface area contributed by atoms with Crippen molar-refractivity contribution in [3.63, 3.8) is 0 Å². The van der Waals surface area contributed by atoms with Crippen LogP contribution in [0.15, 0.2) is 19.0 Å². The highest BCUT2D eigenvalue weighted by Gasteiger charge is 2.00. The average Bonchev–Trinajstić information content (AvgIpc) is 2.33. The van der Waals surface area contributed by atoms with Crippen LogP contribution in [0.25, 0.3) is 6.08 Å². The molecule has 0 aromatic carbocycles. The van der Waals surface area contributed by atoms with Crippen molar-refractivity contribution >= 4 is 6.08 Å². The van der Waals surface area contributed by atoms with E-state index < -0.39 is 0 Å². The largest absolute Gasteiger partial charge is 0.278 e. The van der Waals surface area contributed by atoms with E-state index in [1.807, 2.05) is 18.5 Å². The monoisotopic (exact) mass is 123 g/mol. The summed E-state index contributed by atoms with van der Waals surface area (Å²) in [6.45, 7) is 6.75. The van der Waals surface area contributed by atoms with Gasteiger partial charge in [0.05, 0.1) is 6.54 Å². The van der Waals surface area contributed by atoms with Crippen LogP contribution in [-0.2, 0) is 6.54 Å². The number of hydrogen-bond acceptors (Lipinski definition) is 0. The molecule has 0 spiro atoms. The van der Waals surface area contributed by atoms with Gasteiger partial charge in [-0.05, 0) is 6.92 Å². The number of aromatic nitrogens is 2. The van der Waals surface area contributed by atoms with E-state index in [4.69, 9.17) is 0 Å². The third kappa shape index (κ3) is 1.02. The van der Waals surface area contributed by atoms with E-state index in [-0.39, 0.29) is 0 Å². The van der Waals surface area contributed by atoms with Gasteiger partial charge >= 0.3 is 0 Å². The Hall–Kier alpha value is -1.05. The minimum atomic E-state index is 0.991. The van der Waals surface area contributed by atoms with Gasteiger partial charge in [-0.25, -0.2) is 9.55 Å². The van der Waals surface area contributed by atoms with Crippen molar-refractivity contribution in [2.24, 2.45) is 0 Å². The molecule has 0 saturated heterocycles. The Morgan fingerprint density at radius 3 is 3.11 bits per heavy atom. The second-order valence-corrected chi connectivity index (χ2v) is 1.84. The minimum absolute atomic E-state index is 0.991. The van der Waals surface area contributed by atoms with Crippen LogP contribution in [0.4, 0.5) is 0 Å². The lowest BCUT2D eigenvalue weighted by atomic mass is 10.5. The van der Waals surface area contributed by atoms with Gasteiger partial charge in [0.2, 0.25) is 0 Å². The standard InChI is InChI=1S/C7H10N2/c1-3-7-8-5-6-9(7)4-2/h3,5-6H,1,4H2,2H3/p+1. The summed E-state index contributed by atoms with van der Waals surface area (Å²) in [7, 11) is 0. The van der Waals surface area contributed by atoms with Gasteiger partial charge in [0, 0.05) is 6.08 Å². The molecule has 0 unspecified atom stereocenters. The van der Waals surface area contributed by atoms with Gasteiger partial charge in [-0.2, -0.15) is 0 Å². The van der Waals surface area contributed by atoms with E-state index in [9.17, 15) is 0 Å². The molecular formula is C7H11N2+. The summed E-state index contributed by atoms with van der Waals surface area (Å²) in [4.78, 5) is 3.05. The van der Waals surface area contributed by atoms with E-state index in [1.54, 1.807) is 0 Å². The summed E-state index contributed by atoms with van der Waals surface area (Å²) in [6.07, 6.45) is 5.71. The zero-order chi connectivity index (χ0) is 6.69. The molecule has 0 aliphatic carbocycles. The van der Waals surface area contributed by atoms with Crippen LogP contribution in [0, 0.1) is 0 Å². The Kier molecular flexibility index (Phi) is 1.68. The van der Waals surface area contributed by atoms with E-state index in [0.717, 1.165) is 12.4 Å². The number of imidazole rings is 1. The highest BCUT2D eigenvalue weighted by molar-refractivity contribution is 5.31. The van der Waals surface area contributed by atoms with Crippen LogP contribution in [0.3, 0.4) is 0 Å². The molecule has 1 N–H and O–H groups in total. The molecule has 2 heteroatoms. The Balaban J connectivity index is 2.98. The van der Waals surface area contributed by atoms with Crippen molar-refractivity contribution in [1.29, 1.82) is 0 Å². The topological polar surface area (TPSA) is 19.7 Å². The molecule has 0 aliphatic rings. The van der Waals surface area contributed by atoms with E-state index in [1.165, 1.54) is 0 Å². The summed E-state index contributed by atoms with van der Waals surface area (Å²) < 4.78 is 2.09. The number of nitrogens with one attached hydrogen (secondary N) is 1. The van der Waals surface area contributed by atoms with Crippen LogP contribution in [-0.4, -0.2) is 4.98 Å². The molecule has 1 aromatic rings. The lowest BCUT2D eigenvalue weighted by molar-refractivity contribution is -0.693. The second kappa shape index (κ2) is 2.49. The molecule has 0 saturated carbocycles. The van der Waals surface area contributed by atoms with Crippen molar-refractivity contribution in [3.05, 3.63) is 24.8 Å². The summed E-state index contributed by atoms with van der Waals surface area (Å²) in [6, 6.07) is 0. The van der Waals surface area contributed by atoms with E-state index in [2.05, 4.69) is 23.1 Å². The number of H-pyrrole nitrogens is 1. The van der Waals surface area contributed by atoms with Gasteiger partial charge in [0.25, 0.3) is 5.82 Å². The predicted molar refractivity (Wildman–Crippen MR) is 36.8 cm³/mol. The molecule has 9 heavy (non-hydrogen) atoms. The Labute approximate surface area is 54.8 Å². The van der Waals surface area contributed by atoms with Crippen LogP contribution in [0.5, 0.6) is 0 Å². The number of rotatable bonds is 2. The number of aryl methyl sites for hydroxylation is 1. The fraction of sp³-hybridized carbons (Fsp3) is 0.286. The molecule has 1 aromatic heterocycles. The van der Waals surface area contributed by atoms with Crippen LogP contribution >= 0.6 is 0 Å². The van der Waals surface area contributed by atoms with Crippen LogP contribution < -0.4 is 4.57 Å².